The van der Waals surface area contributed by atoms with Crippen LogP contribution in [0.5, 0.6) is 0 Å². The minimum atomic E-state index is 0.527. The summed E-state index contributed by atoms with van der Waals surface area (Å²) in [5.41, 5.74) is 63.8. The van der Waals surface area contributed by atoms with Crippen LogP contribution >= 0.6 is 22.7 Å². The molecule has 1 aromatic carbocycles. The van der Waals surface area contributed by atoms with Crippen LogP contribution < -0.4 is 40.1 Å². The zero-order chi connectivity index (χ0) is 89.8. The van der Waals surface area contributed by atoms with Gasteiger partial charge in [0.1, 0.15) is 79.7 Å². The van der Waals surface area contributed by atoms with Crippen molar-refractivity contribution in [1.29, 1.82) is 0 Å². The molecule has 24 rings (SSSR count). The SMILES string of the molecule is Cc1c[nH]c2ccnc(N)c12.Cc1cc2[nH]ncc2cn1.Cc1cc2c(N)nccc2[nH]1.Cc1cc2c(N)nccc2o1.Cc1cc2c(N)nccc2s1.Cc1cc2nc[nH]c2cn1.Cc1ccc2[nH]ccc2n1.Cc1ccc2[nH]ncc2n1.Cc1ccc2n[nH]nc2c1.Cc1coc2ccnc(N)c12.Cc1csc2ccnc(N)c12.Cn1cnc2ccnc(N)c21. The lowest BCUT2D eigenvalue weighted by molar-refractivity contribution is 0.578. The molecule has 23 heterocycles. The Morgan fingerprint density at radius 2 is 1.02 bits per heavy atom. The molecule has 36 heteroatoms. The highest BCUT2D eigenvalue weighted by Gasteiger charge is 2.10. The number of rotatable bonds is 0. The number of nitrogens with one attached hydrogen (secondary N) is 7. The largest absolute Gasteiger partial charge is 0.464 e. The van der Waals surface area contributed by atoms with Crippen LogP contribution in [0.15, 0.2) is 235 Å². The molecule has 21 N–H and O–H groups in total. The maximum atomic E-state index is 5.70. The second-order valence-electron chi connectivity index (χ2n) is 29.0. The fraction of sp³-hybridized carbons (Fsp3) is 0.132. The van der Waals surface area contributed by atoms with Crippen LogP contribution in [0.2, 0.25) is 0 Å². The zero-order valence-electron chi connectivity index (χ0n) is 71.6. The molecule has 0 bridgehead atoms. The minimum absolute atomic E-state index is 0.527. The van der Waals surface area contributed by atoms with Crippen molar-refractivity contribution in [2.45, 2.75) is 76.2 Å². The number of furan rings is 2. The predicted octanol–water partition coefficient (Wildman–Crippen LogP) is 18.2. The highest BCUT2D eigenvalue weighted by atomic mass is 32.1. The molecule has 0 aliphatic rings. The van der Waals surface area contributed by atoms with Crippen LogP contribution in [-0.4, -0.2) is 125 Å². The third-order valence-corrected chi connectivity index (χ3v) is 21.2. The highest BCUT2D eigenvalue weighted by Crippen LogP contribution is 2.31. The van der Waals surface area contributed by atoms with Crippen molar-refractivity contribution in [1.82, 2.24) is 125 Å². The van der Waals surface area contributed by atoms with Gasteiger partial charge in [-0.25, -0.2) is 49.8 Å². The van der Waals surface area contributed by atoms with Crippen LogP contribution in [0.1, 0.15) is 61.4 Å². The Morgan fingerprint density at radius 1 is 0.394 bits per heavy atom. The topological polar surface area (TPSA) is 543 Å². The van der Waals surface area contributed by atoms with Gasteiger partial charge in [0.25, 0.3) is 0 Å². The summed E-state index contributed by atoms with van der Waals surface area (Å²) in [4.78, 5) is 66.5. The Balaban J connectivity index is 0.000000119. The lowest BCUT2D eigenvalue weighted by Gasteiger charge is -1.95. The molecule has 0 fully saturated rings. The van der Waals surface area contributed by atoms with E-state index in [0.29, 0.717) is 40.7 Å². The predicted molar refractivity (Wildman–Crippen MR) is 513 cm³/mol. The van der Waals surface area contributed by atoms with Crippen LogP contribution in [0.4, 0.5) is 40.7 Å². The van der Waals surface area contributed by atoms with Crippen molar-refractivity contribution < 1.29 is 8.83 Å². The third kappa shape index (κ3) is 22.6. The number of hydrogen-bond acceptors (Lipinski definition) is 28. The normalized spacial score (nSPS) is 10.6. The number of thiophene rings is 2. The number of H-pyrrole nitrogens is 7. The number of nitrogen functional groups attached to an aromatic ring is 7. The van der Waals surface area contributed by atoms with E-state index in [9.17, 15) is 0 Å². The molecule has 127 heavy (non-hydrogen) atoms. The van der Waals surface area contributed by atoms with Crippen molar-refractivity contribution in [3.05, 3.63) is 288 Å². The maximum Gasteiger partial charge on any atom is 0.149 e. The standard InChI is InChI=1S/2C8H9N3.2C8H8N2O.2C8H8N2S.C8H8N2.C7H8N4.4C7H7N3/c1-5-4-6-7(11-5)2-3-10-8(6)9;1-5-4-11-6-2-3-10-8(9)7(5)6;1-5-4-6-7(11-5)2-3-10-8(6)9;1-5-4-11-6-2-3-10-8(9)7(5)6;1-5-4-6-7(11-5)2-3-10-8(6)9;1-5-4-11-6-2-3-10-8(9)7(5)6;1-6-2-3-7-8(10-6)4-5-9-7;1-11-4-10-5-2-3-9-7(8)6(5)11;1-5-2-7-6(3-8-5)4-9-10-7;1-5-2-6-7(3-8-5)10-4-9-6;1-5-2-3-6-7(9-5)4-8-10-6;1-5-2-3-6-7(4-5)9-10-8-6/h2*2-4,11H,1H3,(H2,9,10);4*2-4H,1H3,(H2,9,10);2-5,9H,1H3;2-4H,1H3,(H2,8,9);2*2-4H,1H3,(H,9,10);2-4H,1H3,(H,8,10);2-4H,1H3,(H,8,9,10). The molecule has 0 radical (unpaired) electrons. The van der Waals surface area contributed by atoms with Gasteiger partial charge in [-0.2, -0.15) is 25.6 Å². The van der Waals surface area contributed by atoms with Crippen molar-refractivity contribution in [2.24, 2.45) is 7.05 Å². The van der Waals surface area contributed by atoms with Crippen LogP contribution in [0.25, 0.3) is 130 Å². The Labute approximate surface area is 733 Å². The van der Waals surface area contributed by atoms with Crippen molar-refractivity contribution in [3.63, 3.8) is 0 Å². The number of nitrogens with zero attached hydrogens (tertiary/aromatic N) is 18. The van der Waals surface area contributed by atoms with Crippen LogP contribution in [0, 0.1) is 76.2 Å². The number of benzene rings is 1. The molecule has 23 aromatic heterocycles. The summed E-state index contributed by atoms with van der Waals surface area (Å²) in [6, 6.07) is 39.1. The van der Waals surface area contributed by atoms with Gasteiger partial charge in [0.2, 0.25) is 0 Å². The van der Waals surface area contributed by atoms with Gasteiger partial charge in [-0.3, -0.25) is 25.1 Å². The summed E-state index contributed by atoms with van der Waals surface area (Å²) < 4.78 is 14.8. The van der Waals surface area contributed by atoms with E-state index in [-0.39, 0.29) is 0 Å². The fourth-order valence-electron chi connectivity index (χ4n) is 13.0. The van der Waals surface area contributed by atoms with E-state index in [0.717, 1.165) is 166 Å². The van der Waals surface area contributed by atoms with Crippen LogP contribution in [0.3, 0.4) is 0 Å². The Kier molecular flexibility index (Phi) is 28.3. The molecular formula is C91H94N32O2S2. The molecule has 642 valence electrons. The van der Waals surface area contributed by atoms with Crippen molar-refractivity contribution in [2.75, 3.05) is 40.1 Å². The summed E-state index contributed by atoms with van der Waals surface area (Å²) in [5.74, 6) is 4.91. The second kappa shape index (κ2) is 40.8. The summed E-state index contributed by atoms with van der Waals surface area (Å²) >= 11 is 3.45. The number of imidazole rings is 2. The number of anilines is 7. The fourth-order valence-corrected chi connectivity index (χ4v) is 14.8. The lowest BCUT2D eigenvalue weighted by atomic mass is 10.2. The molecule has 0 atom stereocenters. The molecule has 24 aromatic rings. The lowest BCUT2D eigenvalue weighted by Crippen LogP contribution is -1.94. The molecular weight excluding hydrogens is 1640 g/mol. The van der Waals surface area contributed by atoms with E-state index in [2.05, 4.69) is 146 Å². The van der Waals surface area contributed by atoms with E-state index in [1.165, 1.54) is 25.4 Å². The first-order chi connectivity index (χ1) is 61.3. The van der Waals surface area contributed by atoms with E-state index >= 15 is 0 Å². The van der Waals surface area contributed by atoms with E-state index < -0.39 is 0 Å². The summed E-state index contributed by atoms with van der Waals surface area (Å²) in [6.45, 7) is 21.9. The number of aromatic amines is 7. The first-order valence-electron chi connectivity index (χ1n) is 39.5. The number of pyridine rings is 11. The average Bonchev–Trinajstić information content (AvgIpc) is 1.71. The first kappa shape index (κ1) is 88.2. The van der Waals surface area contributed by atoms with Gasteiger partial charge in [0.15, 0.2) is 0 Å². The molecule has 0 saturated carbocycles. The second-order valence-corrected chi connectivity index (χ2v) is 31.2. The number of aryl methyl sites for hydroxylation is 12. The van der Waals surface area contributed by atoms with Crippen molar-refractivity contribution in [3.8, 4) is 0 Å². The summed E-state index contributed by atoms with van der Waals surface area (Å²) in [5, 5.41) is 33.1. The van der Waals surface area contributed by atoms with Gasteiger partial charge in [-0.15, -0.1) is 22.7 Å². The average molecular weight is 1730 g/mol. The first-order valence-corrected chi connectivity index (χ1v) is 41.2. The van der Waals surface area contributed by atoms with E-state index in [4.69, 9.17) is 49.0 Å². The van der Waals surface area contributed by atoms with Gasteiger partial charge in [0, 0.05) is 139 Å². The smallest absolute Gasteiger partial charge is 0.149 e. The Hall–Kier alpha value is -16.6. The van der Waals surface area contributed by atoms with Crippen molar-refractivity contribution >= 4 is 193 Å². The quantitative estimate of drug-likeness (QED) is 0.0670. The van der Waals surface area contributed by atoms with Gasteiger partial charge in [0.05, 0.1) is 97.9 Å². The molecule has 0 unspecified atom stereocenters. The minimum Gasteiger partial charge on any atom is -0.464 e. The van der Waals surface area contributed by atoms with E-state index in [1.54, 1.807) is 116 Å². The molecule has 0 amide bonds. The number of fused-ring (bicyclic) bond motifs is 12. The maximum absolute atomic E-state index is 5.70. The number of hydrogen-bond donors (Lipinski definition) is 14. The van der Waals surface area contributed by atoms with E-state index in [1.807, 2.05) is 196 Å². The van der Waals surface area contributed by atoms with Gasteiger partial charge in [-0.1, -0.05) is 6.07 Å². The summed E-state index contributed by atoms with van der Waals surface area (Å²) in [6.07, 6.45) is 27.8. The number of aromatic nitrogens is 25. The Morgan fingerprint density at radius 3 is 1.75 bits per heavy atom. The number of nitrogens with two attached hydrogens (primary N) is 7. The third-order valence-electron chi connectivity index (χ3n) is 19.1. The zero-order valence-corrected chi connectivity index (χ0v) is 73.2. The molecule has 0 spiro atoms. The van der Waals surface area contributed by atoms with Gasteiger partial charge >= 0.3 is 0 Å². The molecule has 34 nitrogen and oxygen atoms in total. The monoisotopic (exact) mass is 1730 g/mol. The molecule has 0 saturated heterocycles. The van der Waals surface area contributed by atoms with Gasteiger partial charge < -0.3 is 73.5 Å². The Bertz CT molecular complexity index is 6810. The molecule has 0 aliphatic carbocycles. The van der Waals surface area contributed by atoms with Crippen LogP contribution in [-0.2, 0) is 7.05 Å². The highest BCUT2D eigenvalue weighted by molar-refractivity contribution is 7.19. The van der Waals surface area contributed by atoms with Gasteiger partial charge in [-0.05, 0) is 219 Å². The molecule has 0 aliphatic heterocycles. The summed E-state index contributed by atoms with van der Waals surface area (Å²) in [7, 11) is 1.90.